The minimum atomic E-state index is -0.429. The number of hydrogen-bond acceptors (Lipinski definition) is 5. The van der Waals surface area contributed by atoms with Crippen molar-refractivity contribution in [2.24, 2.45) is 0 Å². The number of aromatic nitrogens is 2. The van der Waals surface area contributed by atoms with Crippen molar-refractivity contribution in [3.05, 3.63) is 87.3 Å². The first-order valence-electron chi connectivity index (χ1n) is 10.9. The maximum atomic E-state index is 12.6. The van der Waals surface area contributed by atoms with E-state index in [1.165, 1.54) is 23.0 Å². The van der Waals surface area contributed by atoms with Gasteiger partial charge in [-0.2, -0.15) is 0 Å². The summed E-state index contributed by atoms with van der Waals surface area (Å²) in [5.74, 6) is 0.0728. The first-order valence-corrected chi connectivity index (χ1v) is 10.9. The molecule has 2 aromatic carbocycles. The number of piperazine rings is 1. The minimum absolute atomic E-state index is 0.0188. The topological polar surface area (TPSA) is 81.3 Å². The average Bonchev–Trinajstić information content (AvgIpc) is 2.81. The highest BCUT2D eigenvalue weighted by molar-refractivity contribution is 5.93. The van der Waals surface area contributed by atoms with Crippen molar-refractivity contribution in [2.75, 3.05) is 36.0 Å². The van der Waals surface area contributed by atoms with E-state index in [0.717, 1.165) is 31.7 Å². The second-order valence-electron chi connectivity index (χ2n) is 8.30. The van der Waals surface area contributed by atoms with Gasteiger partial charge in [-0.3, -0.25) is 14.6 Å². The number of amides is 1. The van der Waals surface area contributed by atoms with Crippen LogP contribution >= 0.6 is 0 Å². The van der Waals surface area contributed by atoms with Crippen LogP contribution in [-0.2, 0) is 0 Å². The second kappa shape index (κ2) is 9.26. The number of benzene rings is 2. The van der Waals surface area contributed by atoms with Crippen molar-refractivity contribution in [1.29, 1.82) is 0 Å². The van der Waals surface area contributed by atoms with E-state index in [0.29, 0.717) is 5.95 Å². The molecular formula is C25H29N5O2. The molecule has 0 aliphatic carbocycles. The molecule has 1 aliphatic heterocycles. The number of carbonyl (C=O) groups excluding carboxylic acids is 1. The molecule has 1 aliphatic rings. The monoisotopic (exact) mass is 431 g/mol. The fourth-order valence-electron chi connectivity index (χ4n) is 3.91. The Hall–Kier alpha value is -3.61. The summed E-state index contributed by atoms with van der Waals surface area (Å²) < 4.78 is 0. The van der Waals surface area contributed by atoms with Crippen molar-refractivity contribution < 1.29 is 4.79 Å². The number of H-pyrrole nitrogens is 1. The van der Waals surface area contributed by atoms with Crippen LogP contribution in [-0.4, -0.2) is 42.1 Å². The Balaban J connectivity index is 1.39. The highest BCUT2D eigenvalue weighted by Crippen LogP contribution is 2.21. The average molecular weight is 432 g/mol. The maximum Gasteiger partial charge on any atom is 0.265 e. The summed E-state index contributed by atoms with van der Waals surface area (Å²) in [6, 6.07) is 16.0. The van der Waals surface area contributed by atoms with Crippen LogP contribution in [0.25, 0.3) is 0 Å². The Kier molecular flexibility index (Phi) is 6.25. The van der Waals surface area contributed by atoms with Crippen LogP contribution in [0.2, 0.25) is 0 Å². The quantitative estimate of drug-likeness (QED) is 0.648. The van der Waals surface area contributed by atoms with E-state index in [2.05, 4.69) is 52.2 Å². The van der Waals surface area contributed by atoms with Crippen LogP contribution in [0.4, 0.5) is 11.6 Å². The van der Waals surface area contributed by atoms with E-state index in [1.807, 2.05) is 42.2 Å². The van der Waals surface area contributed by atoms with Crippen molar-refractivity contribution in [3.8, 4) is 0 Å². The van der Waals surface area contributed by atoms with Gasteiger partial charge >= 0.3 is 0 Å². The lowest BCUT2D eigenvalue weighted by atomic mass is 10.1. The first-order chi connectivity index (χ1) is 15.4. The van der Waals surface area contributed by atoms with Crippen LogP contribution in [0.15, 0.2) is 59.5 Å². The number of anilines is 2. The van der Waals surface area contributed by atoms with E-state index in [1.54, 1.807) is 0 Å². The predicted molar refractivity (Wildman–Crippen MR) is 128 cm³/mol. The molecule has 4 rings (SSSR count). The molecule has 0 radical (unpaired) electrons. The summed E-state index contributed by atoms with van der Waals surface area (Å²) in [6.45, 7) is 9.29. The van der Waals surface area contributed by atoms with Gasteiger partial charge < -0.3 is 15.1 Å². The molecule has 2 heterocycles. The zero-order valence-corrected chi connectivity index (χ0v) is 18.8. The normalized spacial score (nSPS) is 14.8. The lowest BCUT2D eigenvalue weighted by Gasteiger charge is -2.36. The third kappa shape index (κ3) is 4.66. The number of nitrogens with one attached hydrogen (secondary N) is 2. The molecule has 7 heteroatoms. The molecule has 0 saturated carbocycles. The molecule has 3 aromatic rings. The summed E-state index contributed by atoms with van der Waals surface area (Å²) in [5.41, 5.74) is 4.36. The number of rotatable bonds is 5. The fourth-order valence-corrected chi connectivity index (χ4v) is 3.91. The SMILES string of the molecule is Cc1ccc(N2CCN(c3ncc(C(=O)NC(C)c4ccccc4)c(=O)[nH]3)CC2)cc1C. The van der Waals surface area contributed by atoms with Crippen LogP contribution in [0.3, 0.4) is 0 Å². The maximum absolute atomic E-state index is 12.6. The first kappa shape index (κ1) is 21.6. The summed E-state index contributed by atoms with van der Waals surface area (Å²) in [4.78, 5) is 36.8. The van der Waals surface area contributed by atoms with Gasteiger partial charge in [-0.15, -0.1) is 0 Å². The fraction of sp³-hybridized carbons (Fsp3) is 0.320. The largest absolute Gasteiger partial charge is 0.368 e. The molecule has 166 valence electrons. The summed E-state index contributed by atoms with van der Waals surface area (Å²) >= 11 is 0. The Bertz CT molecular complexity index is 1150. The van der Waals surface area contributed by atoms with Crippen LogP contribution in [0.1, 0.15) is 40.0 Å². The van der Waals surface area contributed by atoms with Gasteiger partial charge in [0.25, 0.3) is 11.5 Å². The van der Waals surface area contributed by atoms with Crippen molar-refractivity contribution >= 4 is 17.5 Å². The molecule has 7 nitrogen and oxygen atoms in total. The Labute approximate surface area is 188 Å². The second-order valence-corrected chi connectivity index (χ2v) is 8.30. The van der Waals surface area contributed by atoms with E-state index in [-0.39, 0.29) is 11.6 Å². The van der Waals surface area contributed by atoms with Crippen LogP contribution in [0.5, 0.6) is 0 Å². The van der Waals surface area contributed by atoms with Crippen molar-refractivity contribution in [1.82, 2.24) is 15.3 Å². The minimum Gasteiger partial charge on any atom is -0.368 e. The van der Waals surface area contributed by atoms with E-state index >= 15 is 0 Å². The molecule has 1 unspecified atom stereocenters. The number of aryl methyl sites for hydroxylation is 2. The molecule has 0 bridgehead atoms. The Morgan fingerprint density at radius 1 is 1.00 bits per heavy atom. The number of hydrogen-bond donors (Lipinski definition) is 2. The van der Waals surface area contributed by atoms with Gasteiger partial charge in [0.15, 0.2) is 0 Å². The molecule has 1 saturated heterocycles. The molecule has 32 heavy (non-hydrogen) atoms. The van der Waals surface area contributed by atoms with E-state index < -0.39 is 11.5 Å². The Morgan fingerprint density at radius 2 is 1.69 bits per heavy atom. The predicted octanol–water partition coefficient (Wildman–Crippen LogP) is 3.20. The zero-order chi connectivity index (χ0) is 22.7. The molecule has 0 spiro atoms. The van der Waals surface area contributed by atoms with Crippen LogP contribution < -0.4 is 20.7 Å². The molecule has 1 fully saturated rings. The Morgan fingerprint density at radius 3 is 2.34 bits per heavy atom. The van der Waals surface area contributed by atoms with Gasteiger partial charge in [0, 0.05) is 38.1 Å². The highest BCUT2D eigenvalue weighted by Gasteiger charge is 2.21. The van der Waals surface area contributed by atoms with Crippen molar-refractivity contribution in [2.45, 2.75) is 26.8 Å². The van der Waals surface area contributed by atoms with E-state index in [9.17, 15) is 9.59 Å². The number of aromatic amines is 1. The zero-order valence-electron chi connectivity index (χ0n) is 18.8. The summed E-state index contributed by atoms with van der Waals surface area (Å²) in [7, 11) is 0. The third-order valence-corrected chi connectivity index (χ3v) is 6.11. The summed E-state index contributed by atoms with van der Waals surface area (Å²) in [6.07, 6.45) is 1.37. The lowest BCUT2D eigenvalue weighted by Crippen LogP contribution is -2.47. The van der Waals surface area contributed by atoms with Gasteiger partial charge in [0.05, 0.1) is 6.04 Å². The highest BCUT2D eigenvalue weighted by atomic mass is 16.2. The third-order valence-electron chi connectivity index (χ3n) is 6.11. The van der Waals surface area contributed by atoms with Gasteiger partial charge in [-0.05, 0) is 49.6 Å². The molecule has 2 N–H and O–H groups in total. The smallest absolute Gasteiger partial charge is 0.265 e. The molecular weight excluding hydrogens is 402 g/mol. The van der Waals surface area contributed by atoms with Gasteiger partial charge in [0.2, 0.25) is 5.95 Å². The van der Waals surface area contributed by atoms with Crippen LogP contribution in [0, 0.1) is 13.8 Å². The van der Waals surface area contributed by atoms with Crippen molar-refractivity contribution in [3.63, 3.8) is 0 Å². The lowest BCUT2D eigenvalue weighted by molar-refractivity contribution is 0.0938. The molecule has 1 amide bonds. The molecule has 1 aromatic heterocycles. The van der Waals surface area contributed by atoms with Gasteiger partial charge in [-0.1, -0.05) is 36.4 Å². The van der Waals surface area contributed by atoms with Gasteiger partial charge in [-0.25, -0.2) is 4.98 Å². The molecule has 1 atom stereocenters. The number of carbonyl (C=O) groups is 1. The standard InChI is InChI=1S/C25H29N5O2/c1-17-9-10-21(15-18(17)2)29-11-13-30(14-12-29)25-26-16-22(24(32)28-25)23(31)27-19(3)20-7-5-4-6-8-20/h4-10,15-16,19H,11-14H2,1-3H3,(H,27,31)(H,26,28,32). The van der Waals surface area contributed by atoms with Gasteiger partial charge in [0.1, 0.15) is 5.56 Å². The summed E-state index contributed by atoms with van der Waals surface area (Å²) in [5, 5.41) is 2.87. The van der Waals surface area contributed by atoms with E-state index in [4.69, 9.17) is 0 Å². The number of nitrogens with zero attached hydrogens (tertiary/aromatic N) is 3.